The van der Waals surface area contributed by atoms with Crippen molar-refractivity contribution in [3.63, 3.8) is 0 Å². The Balaban J connectivity index is 2.83. The average Bonchev–Trinajstić information content (AvgIpc) is 2.50. The predicted molar refractivity (Wildman–Crippen MR) is 91.5 cm³/mol. The van der Waals surface area contributed by atoms with Gasteiger partial charge in [0.15, 0.2) is 11.3 Å². The van der Waals surface area contributed by atoms with Crippen LogP contribution >= 0.6 is 23.2 Å². The lowest BCUT2D eigenvalue weighted by Gasteiger charge is -2.28. The summed E-state index contributed by atoms with van der Waals surface area (Å²) in [6.45, 7) is 3.83. The number of hydrogen-bond acceptors (Lipinski definition) is 4. The molecule has 0 spiro atoms. The molecule has 0 aliphatic carbocycles. The van der Waals surface area contributed by atoms with Gasteiger partial charge in [-0.2, -0.15) is 0 Å². The Morgan fingerprint density at radius 2 is 2.00 bits per heavy atom. The molecule has 0 aliphatic rings. The zero-order valence-corrected chi connectivity index (χ0v) is 14.6. The Bertz CT molecular complexity index is 759. The molecule has 0 bridgehead atoms. The minimum Gasteiger partial charge on any atom is -0.482 e. The molecule has 2 rings (SSSR count). The third kappa shape index (κ3) is 3.68. The van der Waals surface area contributed by atoms with Crippen molar-refractivity contribution in [3.8, 4) is 17.1 Å². The van der Waals surface area contributed by atoms with Crippen LogP contribution in [0.25, 0.3) is 11.3 Å². The van der Waals surface area contributed by atoms with Crippen molar-refractivity contribution < 1.29 is 9.84 Å². The second-order valence-corrected chi connectivity index (χ2v) is 6.27. The first-order valence-corrected chi connectivity index (χ1v) is 7.87. The molecule has 1 unspecified atom stereocenters. The standard InChI is InChI=1S/C16H18Cl2N2O3/c1-9(2)14(8-21)20-13(5-11(22)6-15(20)23-3)12-4-10(17)7-19-16(12)18/h4-7,9,14,21H,8H2,1-3H3. The number of methoxy groups -OCH3 is 1. The van der Waals surface area contributed by atoms with E-state index in [1.54, 1.807) is 10.6 Å². The number of nitrogens with zero attached hydrogens (tertiary/aromatic N) is 2. The van der Waals surface area contributed by atoms with Crippen LogP contribution in [0.4, 0.5) is 0 Å². The second kappa shape index (κ2) is 7.34. The average molecular weight is 357 g/mol. The van der Waals surface area contributed by atoms with Gasteiger partial charge in [-0.25, -0.2) is 4.98 Å². The molecule has 0 saturated heterocycles. The van der Waals surface area contributed by atoms with Crippen LogP contribution in [-0.4, -0.2) is 28.4 Å². The minimum atomic E-state index is -0.296. The van der Waals surface area contributed by atoms with Crippen molar-refractivity contribution in [3.05, 3.63) is 44.8 Å². The molecular weight excluding hydrogens is 339 g/mol. The van der Waals surface area contributed by atoms with Crippen molar-refractivity contribution in [1.29, 1.82) is 0 Å². The summed E-state index contributed by atoms with van der Waals surface area (Å²) in [6.07, 6.45) is 1.43. The van der Waals surface area contributed by atoms with E-state index in [2.05, 4.69) is 4.98 Å². The van der Waals surface area contributed by atoms with Crippen molar-refractivity contribution in [1.82, 2.24) is 9.55 Å². The van der Waals surface area contributed by atoms with E-state index >= 15 is 0 Å². The fraction of sp³-hybridized carbons (Fsp3) is 0.375. The largest absolute Gasteiger partial charge is 0.482 e. The van der Waals surface area contributed by atoms with Gasteiger partial charge in [0.05, 0.1) is 30.5 Å². The number of ether oxygens (including phenoxy) is 1. The topological polar surface area (TPSA) is 64.3 Å². The molecule has 2 aromatic heterocycles. The summed E-state index contributed by atoms with van der Waals surface area (Å²) in [5.41, 5.74) is 0.779. The van der Waals surface area contributed by atoms with E-state index in [1.165, 1.54) is 25.4 Å². The molecule has 1 N–H and O–H groups in total. The van der Waals surface area contributed by atoms with E-state index in [0.717, 1.165) is 0 Å². The van der Waals surface area contributed by atoms with E-state index < -0.39 is 0 Å². The third-order valence-corrected chi connectivity index (χ3v) is 4.13. The van der Waals surface area contributed by atoms with Crippen LogP contribution < -0.4 is 10.2 Å². The van der Waals surface area contributed by atoms with E-state index in [4.69, 9.17) is 27.9 Å². The molecule has 23 heavy (non-hydrogen) atoms. The lowest BCUT2D eigenvalue weighted by molar-refractivity contribution is 0.182. The Labute approximate surface area is 144 Å². The summed E-state index contributed by atoms with van der Waals surface area (Å²) in [5, 5.41) is 10.4. The molecule has 2 aromatic rings. The molecule has 0 amide bonds. The maximum Gasteiger partial charge on any atom is 0.197 e. The van der Waals surface area contributed by atoms with Crippen LogP contribution in [0.1, 0.15) is 19.9 Å². The van der Waals surface area contributed by atoms with Gasteiger partial charge in [0.25, 0.3) is 0 Å². The number of pyridine rings is 2. The smallest absolute Gasteiger partial charge is 0.197 e. The fourth-order valence-corrected chi connectivity index (χ4v) is 2.81. The molecule has 5 nitrogen and oxygen atoms in total. The number of rotatable bonds is 5. The van der Waals surface area contributed by atoms with Gasteiger partial charge in [-0.1, -0.05) is 37.0 Å². The van der Waals surface area contributed by atoms with Crippen molar-refractivity contribution in [2.24, 2.45) is 5.92 Å². The summed E-state index contributed by atoms with van der Waals surface area (Å²) in [7, 11) is 1.47. The summed E-state index contributed by atoms with van der Waals surface area (Å²) >= 11 is 12.2. The number of hydrogen-bond donors (Lipinski definition) is 1. The van der Waals surface area contributed by atoms with Crippen LogP contribution in [-0.2, 0) is 0 Å². The monoisotopic (exact) mass is 356 g/mol. The van der Waals surface area contributed by atoms with Crippen LogP contribution in [0.15, 0.2) is 29.2 Å². The fourth-order valence-electron chi connectivity index (χ4n) is 2.46. The molecule has 0 aromatic carbocycles. The van der Waals surface area contributed by atoms with E-state index in [-0.39, 0.29) is 29.1 Å². The minimum absolute atomic E-state index is 0.0982. The molecule has 0 radical (unpaired) electrons. The predicted octanol–water partition coefficient (Wildman–Crippen LogP) is 3.42. The first kappa shape index (κ1) is 17.8. The number of aliphatic hydroxyl groups excluding tert-OH is 1. The number of halogens is 2. The van der Waals surface area contributed by atoms with Crippen LogP contribution in [0.3, 0.4) is 0 Å². The zero-order valence-electron chi connectivity index (χ0n) is 13.1. The van der Waals surface area contributed by atoms with Gasteiger partial charge in [-0.05, 0) is 12.0 Å². The van der Waals surface area contributed by atoms with Crippen LogP contribution in [0.5, 0.6) is 5.88 Å². The highest BCUT2D eigenvalue weighted by Gasteiger charge is 2.23. The zero-order chi connectivity index (χ0) is 17.1. The second-order valence-electron chi connectivity index (χ2n) is 5.47. The molecule has 7 heteroatoms. The SMILES string of the molecule is COc1cc(=O)cc(-c2cc(Cl)cnc2Cl)n1C(CO)C(C)C. The third-order valence-electron chi connectivity index (χ3n) is 3.62. The quantitative estimate of drug-likeness (QED) is 0.833. The van der Waals surface area contributed by atoms with Crippen molar-refractivity contribution in [2.45, 2.75) is 19.9 Å². The molecule has 0 saturated carbocycles. The van der Waals surface area contributed by atoms with Gasteiger partial charge in [0.2, 0.25) is 0 Å². The molecule has 1 atom stereocenters. The normalized spacial score (nSPS) is 12.5. The van der Waals surface area contributed by atoms with Crippen molar-refractivity contribution in [2.75, 3.05) is 13.7 Å². The summed E-state index contributed by atoms with van der Waals surface area (Å²) in [4.78, 5) is 16.0. The van der Waals surface area contributed by atoms with Gasteiger partial charge in [-0.3, -0.25) is 4.79 Å². The Hall–Kier alpha value is -1.56. The highest BCUT2D eigenvalue weighted by molar-refractivity contribution is 6.34. The highest BCUT2D eigenvalue weighted by Crippen LogP contribution is 2.34. The maximum atomic E-state index is 12.0. The van der Waals surface area contributed by atoms with E-state index in [0.29, 0.717) is 22.2 Å². The van der Waals surface area contributed by atoms with E-state index in [9.17, 15) is 9.90 Å². The van der Waals surface area contributed by atoms with Gasteiger partial charge in [0.1, 0.15) is 5.15 Å². The highest BCUT2D eigenvalue weighted by atomic mass is 35.5. The molecular formula is C16H18Cl2N2O3. The summed E-state index contributed by atoms with van der Waals surface area (Å²) in [5.74, 6) is 0.442. The molecule has 0 fully saturated rings. The van der Waals surface area contributed by atoms with Crippen LogP contribution in [0.2, 0.25) is 10.2 Å². The van der Waals surface area contributed by atoms with E-state index in [1.807, 2.05) is 13.8 Å². The lowest BCUT2D eigenvalue weighted by atomic mass is 10.0. The Kier molecular flexibility index (Phi) is 5.68. The number of aromatic nitrogens is 2. The first-order chi connectivity index (χ1) is 10.9. The Morgan fingerprint density at radius 1 is 1.30 bits per heavy atom. The van der Waals surface area contributed by atoms with Gasteiger partial charge >= 0.3 is 0 Å². The van der Waals surface area contributed by atoms with Gasteiger partial charge in [-0.15, -0.1) is 0 Å². The lowest BCUT2D eigenvalue weighted by Crippen LogP contribution is -2.24. The summed E-state index contributed by atoms with van der Waals surface area (Å²) < 4.78 is 7.10. The Morgan fingerprint density at radius 3 is 2.57 bits per heavy atom. The van der Waals surface area contributed by atoms with Gasteiger partial charge in [0, 0.05) is 23.9 Å². The van der Waals surface area contributed by atoms with Crippen molar-refractivity contribution >= 4 is 23.2 Å². The first-order valence-electron chi connectivity index (χ1n) is 7.11. The molecule has 124 valence electrons. The molecule has 0 aliphatic heterocycles. The maximum absolute atomic E-state index is 12.0. The van der Waals surface area contributed by atoms with Crippen LogP contribution in [0, 0.1) is 5.92 Å². The number of aliphatic hydroxyl groups is 1. The summed E-state index contributed by atoms with van der Waals surface area (Å²) in [6, 6.07) is 4.15. The van der Waals surface area contributed by atoms with Gasteiger partial charge < -0.3 is 14.4 Å². The molecule has 2 heterocycles.